The standard InChI is InChI=1S/C11H11NO3S/c13-10(9-7-16-11(14)12-9)15-6-8-4-2-1-3-5-8/h1-5,9H,6-7H2,(H,12,14)/t9-/m0/s1. The Kier molecular flexibility index (Phi) is 3.46. The Bertz CT molecular complexity index is 393. The predicted molar refractivity (Wildman–Crippen MR) is 61.0 cm³/mol. The van der Waals surface area contributed by atoms with Crippen LogP contribution in [0.1, 0.15) is 5.56 Å². The second-order valence-electron chi connectivity index (χ2n) is 3.39. The summed E-state index contributed by atoms with van der Waals surface area (Å²) in [4.78, 5) is 22.4. The molecule has 0 unspecified atom stereocenters. The van der Waals surface area contributed by atoms with Gasteiger partial charge < -0.3 is 10.1 Å². The van der Waals surface area contributed by atoms with Gasteiger partial charge in [0, 0.05) is 5.75 Å². The normalized spacial score (nSPS) is 19.2. The highest BCUT2D eigenvalue weighted by Crippen LogP contribution is 2.14. The first-order valence-electron chi connectivity index (χ1n) is 4.89. The Morgan fingerprint density at radius 3 is 2.81 bits per heavy atom. The molecule has 0 saturated carbocycles. The fourth-order valence-electron chi connectivity index (χ4n) is 1.34. The molecule has 2 rings (SSSR count). The summed E-state index contributed by atoms with van der Waals surface area (Å²) in [5.41, 5.74) is 0.938. The number of carbonyl (C=O) groups excluding carboxylic acids is 2. The summed E-state index contributed by atoms with van der Waals surface area (Å²) < 4.78 is 5.09. The Morgan fingerprint density at radius 2 is 2.19 bits per heavy atom. The van der Waals surface area contributed by atoms with Crippen molar-refractivity contribution in [3.63, 3.8) is 0 Å². The van der Waals surface area contributed by atoms with E-state index in [1.165, 1.54) is 0 Å². The van der Waals surface area contributed by atoms with Crippen LogP contribution in [-0.4, -0.2) is 23.0 Å². The minimum absolute atomic E-state index is 0.165. The van der Waals surface area contributed by atoms with E-state index in [1.807, 2.05) is 30.3 Å². The number of esters is 1. The van der Waals surface area contributed by atoms with Gasteiger partial charge >= 0.3 is 5.97 Å². The maximum absolute atomic E-state index is 11.5. The van der Waals surface area contributed by atoms with Gasteiger partial charge in [0.1, 0.15) is 12.6 Å². The van der Waals surface area contributed by atoms with Gasteiger partial charge in [0.05, 0.1) is 0 Å². The van der Waals surface area contributed by atoms with Crippen molar-refractivity contribution in [1.82, 2.24) is 5.32 Å². The van der Waals surface area contributed by atoms with Crippen LogP contribution in [0.15, 0.2) is 30.3 Å². The number of hydrogen-bond donors (Lipinski definition) is 1. The molecular weight excluding hydrogens is 226 g/mol. The third-order valence-corrected chi connectivity index (χ3v) is 3.06. The zero-order valence-electron chi connectivity index (χ0n) is 8.51. The summed E-state index contributed by atoms with van der Waals surface area (Å²) in [5.74, 6) is 0.0779. The van der Waals surface area contributed by atoms with E-state index in [0.29, 0.717) is 5.75 Å². The van der Waals surface area contributed by atoms with E-state index in [0.717, 1.165) is 17.3 Å². The fraction of sp³-hybridized carbons (Fsp3) is 0.273. The third kappa shape index (κ3) is 2.76. The highest BCUT2D eigenvalue weighted by molar-refractivity contribution is 8.14. The quantitative estimate of drug-likeness (QED) is 0.810. The molecule has 1 saturated heterocycles. The lowest BCUT2D eigenvalue weighted by molar-refractivity contribution is -0.146. The van der Waals surface area contributed by atoms with Gasteiger partial charge in [-0.3, -0.25) is 4.79 Å². The van der Waals surface area contributed by atoms with Gasteiger partial charge in [-0.05, 0) is 5.56 Å². The molecule has 1 aromatic carbocycles. The highest BCUT2D eigenvalue weighted by Gasteiger charge is 2.29. The maximum atomic E-state index is 11.5. The molecule has 1 amide bonds. The fourth-order valence-corrected chi connectivity index (χ4v) is 2.10. The molecule has 1 atom stereocenters. The lowest BCUT2D eigenvalue weighted by Gasteiger charge is -2.09. The predicted octanol–water partition coefficient (Wildman–Crippen LogP) is 1.55. The van der Waals surface area contributed by atoms with Gasteiger partial charge in [-0.25, -0.2) is 4.79 Å². The van der Waals surface area contributed by atoms with E-state index in [4.69, 9.17) is 4.74 Å². The van der Waals surface area contributed by atoms with E-state index < -0.39 is 6.04 Å². The van der Waals surface area contributed by atoms with E-state index in [1.54, 1.807) is 0 Å². The molecule has 1 aliphatic heterocycles. The topological polar surface area (TPSA) is 55.4 Å². The minimum Gasteiger partial charge on any atom is -0.459 e. The van der Waals surface area contributed by atoms with Crippen LogP contribution in [0.2, 0.25) is 0 Å². The molecule has 0 bridgehead atoms. The largest absolute Gasteiger partial charge is 0.459 e. The Hall–Kier alpha value is -1.49. The van der Waals surface area contributed by atoms with Gasteiger partial charge in [0.2, 0.25) is 0 Å². The molecule has 1 aromatic rings. The molecule has 1 fully saturated rings. The summed E-state index contributed by atoms with van der Waals surface area (Å²) in [6.45, 7) is 0.247. The first kappa shape index (κ1) is 11.0. The van der Waals surface area contributed by atoms with E-state index in [9.17, 15) is 9.59 Å². The van der Waals surface area contributed by atoms with Gasteiger partial charge in [-0.15, -0.1) is 0 Å². The van der Waals surface area contributed by atoms with Crippen LogP contribution in [0.5, 0.6) is 0 Å². The van der Waals surface area contributed by atoms with Gasteiger partial charge in [0.25, 0.3) is 5.24 Å². The molecule has 84 valence electrons. The van der Waals surface area contributed by atoms with E-state index in [2.05, 4.69) is 5.32 Å². The molecule has 5 heteroatoms. The summed E-state index contributed by atoms with van der Waals surface area (Å²) in [6.07, 6.45) is 0. The molecule has 16 heavy (non-hydrogen) atoms. The second-order valence-corrected chi connectivity index (χ2v) is 4.38. The van der Waals surface area contributed by atoms with Crippen molar-refractivity contribution in [2.75, 3.05) is 5.75 Å². The molecule has 1 N–H and O–H groups in total. The van der Waals surface area contributed by atoms with Crippen LogP contribution in [0.25, 0.3) is 0 Å². The van der Waals surface area contributed by atoms with Crippen LogP contribution in [0.3, 0.4) is 0 Å². The summed E-state index contributed by atoms with van der Waals surface area (Å²) in [6, 6.07) is 8.94. The number of thioether (sulfide) groups is 1. The number of carbonyl (C=O) groups is 2. The van der Waals surface area contributed by atoms with Crippen molar-refractivity contribution in [2.24, 2.45) is 0 Å². The van der Waals surface area contributed by atoms with E-state index >= 15 is 0 Å². The minimum atomic E-state index is -0.499. The molecule has 0 aliphatic carbocycles. The van der Waals surface area contributed by atoms with Crippen LogP contribution in [0, 0.1) is 0 Å². The number of rotatable bonds is 3. The molecule has 1 aliphatic rings. The molecule has 0 spiro atoms. The Balaban J connectivity index is 1.82. The monoisotopic (exact) mass is 237 g/mol. The second kappa shape index (κ2) is 5.03. The van der Waals surface area contributed by atoms with Crippen molar-refractivity contribution in [3.05, 3.63) is 35.9 Å². The van der Waals surface area contributed by atoms with Crippen LogP contribution >= 0.6 is 11.8 Å². The zero-order valence-corrected chi connectivity index (χ0v) is 9.33. The lowest BCUT2D eigenvalue weighted by Crippen LogP contribution is -2.35. The van der Waals surface area contributed by atoms with Crippen LogP contribution in [-0.2, 0) is 16.1 Å². The number of hydrogen-bond acceptors (Lipinski definition) is 4. The summed E-state index contributed by atoms with van der Waals surface area (Å²) in [7, 11) is 0. The summed E-state index contributed by atoms with van der Waals surface area (Å²) >= 11 is 1.10. The average Bonchev–Trinajstić information content (AvgIpc) is 2.74. The maximum Gasteiger partial charge on any atom is 0.329 e. The number of amides is 1. The zero-order chi connectivity index (χ0) is 11.4. The first-order chi connectivity index (χ1) is 7.75. The smallest absolute Gasteiger partial charge is 0.329 e. The van der Waals surface area contributed by atoms with Gasteiger partial charge in [-0.2, -0.15) is 0 Å². The van der Waals surface area contributed by atoms with Gasteiger partial charge in [0.15, 0.2) is 0 Å². The van der Waals surface area contributed by atoms with Crippen molar-refractivity contribution >= 4 is 23.0 Å². The van der Waals surface area contributed by atoms with Crippen molar-refractivity contribution in [1.29, 1.82) is 0 Å². The SMILES string of the molecule is O=C1N[C@H](C(=O)OCc2ccccc2)CS1. The number of nitrogens with one attached hydrogen (secondary N) is 1. The Morgan fingerprint density at radius 1 is 1.44 bits per heavy atom. The number of benzene rings is 1. The lowest BCUT2D eigenvalue weighted by atomic mass is 10.2. The van der Waals surface area contributed by atoms with Crippen LogP contribution < -0.4 is 5.32 Å². The number of ether oxygens (including phenoxy) is 1. The van der Waals surface area contributed by atoms with Crippen LogP contribution in [0.4, 0.5) is 4.79 Å². The molecule has 0 radical (unpaired) electrons. The molecule has 0 aromatic heterocycles. The Labute approximate surface area is 97.4 Å². The van der Waals surface area contributed by atoms with Crippen molar-refractivity contribution in [2.45, 2.75) is 12.6 Å². The van der Waals surface area contributed by atoms with Gasteiger partial charge in [-0.1, -0.05) is 42.1 Å². The third-order valence-electron chi connectivity index (χ3n) is 2.18. The molecule has 1 heterocycles. The summed E-state index contributed by atoms with van der Waals surface area (Å²) in [5, 5.41) is 2.37. The van der Waals surface area contributed by atoms with Crippen molar-refractivity contribution < 1.29 is 14.3 Å². The molecular formula is C11H11NO3S. The highest BCUT2D eigenvalue weighted by atomic mass is 32.2. The molecule has 4 nitrogen and oxygen atoms in total. The first-order valence-corrected chi connectivity index (χ1v) is 5.88. The van der Waals surface area contributed by atoms with Crippen molar-refractivity contribution in [3.8, 4) is 0 Å². The van der Waals surface area contributed by atoms with E-state index in [-0.39, 0.29) is 17.8 Å². The average molecular weight is 237 g/mol.